The van der Waals surface area contributed by atoms with E-state index in [-0.39, 0.29) is 5.69 Å². The number of nitro benzene ring substituents is 1. The summed E-state index contributed by atoms with van der Waals surface area (Å²) in [7, 11) is 1.45. The minimum absolute atomic E-state index is 0.0747. The molecule has 0 heterocycles. The van der Waals surface area contributed by atoms with Crippen molar-refractivity contribution in [1.82, 2.24) is 0 Å². The molecule has 5 heteroatoms. The Morgan fingerprint density at radius 3 is 2.67 bits per heavy atom. The lowest BCUT2D eigenvalue weighted by Crippen LogP contribution is -2.08. The predicted molar refractivity (Wildman–Crippen MR) is 52.8 cm³/mol. The van der Waals surface area contributed by atoms with Gasteiger partial charge in [0.05, 0.1) is 29.3 Å². The lowest BCUT2D eigenvalue weighted by Gasteiger charge is -2.09. The van der Waals surface area contributed by atoms with E-state index in [4.69, 9.17) is 4.74 Å². The molecule has 1 aliphatic carbocycles. The maximum atomic E-state index is 10.8. The molecule has 1 aliphatic rings. The first-order valence-corrected chi connectivity index (χ1v) is 4.62. The fourth-order valence-corrected chi connectivity index (χ4v) is 1.57. The average Bonchev–Trinajstić information content (AvgIpc) is 2.96. The molecule has 0 unspecified atom stereocenters. The maximum absolute atomic E-state index is 10.8. The summed E-state index contributed by atoms with van der Waals surface area (Å²) in [5.41, 5.74) is -0.683. The van der Waals surface area contributed by atoms with Crippen molar-refractivity contribution in [2.75, 3.05) is 7.11 Å². The van der Waals surface area contributed by atoms with Crippen molar-refractivity contribution >= 4 is 5.69 Å². The highest BCUT2D eigenvalue weighted by molar-refractivity contribution is 5.50. The third kappa shape index (κ3) is 1.66. The summed E-state index contributed by atoms with van der Waals surface area (Å²) in [6, 6.07) is 4.52. The molecule has 0 aliphatic heterocycles. The molecule has 1 saturated carbocycles. The monoisotopic (exact) mass is 209 g/mol. The van der Waals surface area contributed by atoms with Gasteiger partial charge in [-0.3, -0.25) is 10.1 Å². The number of hydrogen-bond acceptors (Lipinski definition) is 4. The Balaban J connectivity index is 2.50. The molecule has 1 aromatic rings. The number of methoxy groups -OCH3 is 1. The third-order valence-electron chi connectivity index (χ3n) is 2.63. The van der Waals surface area contributed by atoms with E-state index in [9.17, 15) is 15.2 Å². The number of nitrogens with zero attached hydrogens (tertiary/aromatic N) is 1. The van der Waals surface area contributed by atoms with Gasteiger partial charge < -0.3 is 9.84 Å². The molecule has 1 N–H and O–H groups in total. The van der Waals surface area contributed by atoms with E-state index >= 15 is 0 Å². The van der Waals surface area contributed by atoms with Gasteiger partial charge in [0.15, 0.2) is 0 Å². The first-order valence-electron chi connectivity index (χ1n) is 4.62. The van der Waals surface area contributed by atoms with Gasteiger partial charge in [0.1, 0.15) is 5.75 Å². The fourth-order valence-electron chi connectivity index (χ4n) is 1.57. The van der Waals surface area contributed by atoms with E-state index in [2.05, 4.69) is 0 Å². The van der Waals surface area contributed by atoms with Gasteiger partial charge in [-0.05, 0) is 25.0 Å². The van der Waals surface area contributed by atoms with Gasteiger partial charge in [0.2, 0.25) is 0 Å². The molecule has 0 radical (unpaired) electrons. The first-order chi connectivity index (χ1) is 7.07. The van der Waals surface area contributed by atoms with Crippen LogP contribution in [0, 0.1) is 10.1 Å². The Morgan fingerprint density at radius 1 is 1.53 bits per heavy atom. The Morgan fingerprint density at radius 2 is 2.20 bits per heavy atom. The molecule has 80 valence electrons. The van der Waals surface area contributed by atoms with Gasteiger partial charge in [-0.2, -0.15) is 0 Å². The van der Waals surface area contributed by atoms with E-state index in [1.807, 2.05) is 0 Å². The average molecular weight is 209 g/mol. The zero-order chi connectivity index (χ0) is 11.1. The number of rotatable bonds is 3. The summed E-state index contributed by atoms with van der Waals surface area (Å²) in [6.45, 7) is 0. The quantitative estimate of drug-likeness (QED) is 0.606. The van der Waals surface area contributed by atoms with Crippen LogP contribution in [0.1, 0.15) is 18.4 Å². The molecule has 1 aromatic carbocycles. The van der Waals surface area contributed by atoms with Gasteiger partial charge in [-0.1, -0.05) is 0 Å². The van der Waals surface area contributed by atoms with Crippen molar-refractivity contribution in [2.45, 2.75) is 18.4 Å². The van der Waals surface area contributed by atoms with Crippen LogP contribution in [-0.4, -0.2) is 17.1 Å². The van der Waals surface area contributed by atoms with E-state index in [0.717, 1.165) is 0 Å². The number of hydrogen-bond donors (Lipinski definition) is 1. The Hall–Kier alpha value is -1.62. The molecule has 15 heavy (non-hydrogen) atoms. The van der Waals surface area contributed by atoms with Crippen molar-refractivity contribution in [3.05, 3.63) is 33.9 Å². The summed E-state index contributed by atoms with van der Waals surface area (Å²) in [4.78, 5) is 10.3. The highest BCUT2D eigenvalue weighted by atomic mass is 16.6. The van der Waals surface area contributed by atoms with Crippen LogP contribution < -0.4 is 4.74 Å². The largest absolute Gasteiger partial charge is 0.497 e. The van der Waals surface area contributed by atoms with Crippen LogP contribution in [0.5, 0.6) is 5.75 Å². The zero-order valence-corrected chi connectivity index (χ0v) is 8.27. The van der Waals surface area contributed by atoms with Crippen LogP contribution in [-0.2, 0) is 5.60 Å². The predicted octanol–water partition coefficient (Wildman–Crippen LogP) is 1.58. The van der Waals surface area contributed by atoms with E-state index in [0.29, 0.717) is 24.2 Å². The van der Waals surface area contributed by atoms with Crippen molar-refractivity contribution in [3.63, 3.8) is 0 Å². The molecule has 1 fully saturated rings. The molecular weight excluding hydrogens is 198 g/mol. The molecule has 0 spiro atoms. The van der Waals surface area contributed by atoms with Crippen LogP contribution >= 0.6 is 0 Å². The summed E-state index contributed by atoms with van der Waals surface area (Å²) < 4.78 is 4.91. The number of aliphatic hydroxyl groups is 1. The molecule has 0 saturated heterocycles. The van der Waals surface area contributed by atoms with Gasteiger partial charge >= 0.3 is 0 Å². The molecular formula is C10H11NO4. The lowest BCUT2D eigenvalue weighted by atomic mass is 10.1. The second-order valence-corrected chi connectivity index (χ2v) is 3.67. The van der Waals surface area contributed by atoms with Crippen LogP contribution in [0.2, 0.25) is 0 Å². The van der Waals surface area contributed by atoms with Crippen molar-refractivity contribution in [3.8, 4) is 5.75 Å². The third-order valence-corrected chi connectivity index (χ3v) is 2.63. The van der Waals surface area contributed by atoms with Crippen LogP contribution in [0.3, 0.4) is 0 Å². The zero-order valence-electron chi connectivity index (χ0n) is 8.27. The summed E-state index contributed by atoms with van der Waals surface area (Å²) in [5, 5.41) is 20.7. The minimum Gasteiger partial charge on any atom is -0.497 e. The second kappa shape index (κ2) is 3.20. The van der Waals surface area contributed by atoms with Gasteiger partial charge in [0.25, 0.3) is 5.69 Å². The minimum atomic E-state index is -0.991. The van der Waals surface area contributed by atoms with Crippen LogP contribution in [0.4, 0.5) is 5.69 Å². The Kier molecular flexibility index (Phi) is 2.12. The summed E-state index contributed by atoms with van der Waals surface area (Å²) in [6.07, 6.45) is 1.17. The van der Waals surface area contributed by atoms with Crippen molar-refractivity contribution in [1.29, 1.82) is 0 Å². The number of nitro groups is 1. The number of ether oxygens (including phenoxy) is 1. The molecule has 0 aromatic heterocycles. The van der Waals surface area contributed by atoms with E-state index in [1.165, 1.54) is 13.2 Å². The standard InChI is InChI=1S/C10H11NO4/c1-15-7-2-3-8(10(12)4-5-10)9(6-7)11(13)14/h2-3,6,12H,4-5H2,1H3. The normalized spacial score (nSPS) is 17.2. The van der Waals surface area contributed by atoms with Crippen molar-refractivity contribution < 1.29 is 14.8 Å². The second-order valence-electron chi connectivity index (χ2n) is 3.67. The van der Waals surface area contributed by atoms with E-state index in [1.54, 1.807) is 12.1 Å². The fraction of sp³-hybridized carbons (Fsp3) is 0.400. The topological polar surface area (TPSA) is 72.6 Å². The van der Waals surface area contributed by atoms with E-state index < -0.39 is 10.5 Å². The van der Waals surface area contributed by atoms with Crippen LogP contribution in [0.25, 0.3) is 0 Å². The Labute approximate surface area is 86.4 Å². The highest BCUT2D eigenvalue weighted by Crippen LogP contribution is 2.49. The van der Waals surface area contributed by atoms with Crippen molar-refractivity contribution in [2.24, 2.45) is 0 Å². The molecule has 5 nitrogen and oxygen atoms in total. The lowest BCUT2D eigenvalue weighted by molar-refractivity contribution is -0.386. The first kappa shape index (κ1) is 9.92. The molecule has 0 amide bonds. The highest BCUT2D eigenvalue weighted by Gasteiger charge is 2.46. The summed E-state index contributed by atoms with van der Waals surface area (Å²) in [5.74, 6) is 0.426. The molecule has 0 bridgehead atoms. The number of benzene rings is 1. The smallest absolute Gasteiger partial charge is 0.279 e. The van der Waals surface area contributed by atoms with Gasteiger partial charge in [-0.15, -0.1) is 0 Å². The SMILES string of the molecule is COc1ccc(C2(O)CC2)c([N+](=O)[O-])c1. The summed E-state index contributed by atoms with van der Waals surface area (Å²) >= 11 is 0. The molecule has 2 rings (SSSR count). The molecule has 0 atom stereocenters. The van der Waals surface area contributed by atoms with Gasteiger partial charge in [-0.25, -0.2) is 0 Å². The van der Waals surface area contributed by atoms with Crippen LogP contribution in [0.15, 0.2) is 18.2 Å². The maximum Gasteiger partial charge on any atom is 0.279 e. The van der Waals surface area contributed by atoms with Gasteiger partial charge in [0, 0.05) is 0 Å². The Bertz CT molecular complexity index is 412.